The Hall–Kier alpha value is -3.41. The number of aromatic nitrogens is 5. The SMILES string of the molecule is Cn1cc(C2=CN(c3ccc(OC(F)(F)F)cc3)C(O)c3nn(CCF)nc32)cn1. The molecule has 8 nitrogen and oxygen atoms in total. The van der Waals surface area contributed by atoms with Crippen LogP contribution < -0.4 is 9.64 Å². The minimum absolute atomic E-state index is 0.0798. The Labute approximate surface area is 167 Å². The summed E-state index contributed by atoms with van der Waals surface area (Å²) in [6, 6.07) is 5.03. The third-order valence-electron chi connectivity index (χ3n) is 4.38. The van der Waals surface area contributed by atoms with E-state index in [0.717, 1.165) is 16.9 Å². The van der Waals surface area contributed by atoms with E-state index >= 15 is 0 Å². The van der Waals surface area contributed by atoms with Gasteiger partial charge in [-0.25, -0.2) is 4.39 Å². The molecule has 3 heterocycles. The lowest BCUT2D eigenvalue weighted by Crippen LogP contribution is -2.28. The zero-order valence-corrected chi connectivity index (χ0v) is 15.6. The fraction of sp³-hybridized carbons (Fsp3) is 0.278. The Morgan fingerprint density at radius 1 is 1.17 bits per heavy atom. The van der Waals surface area contributed by atoms with Gasteiger partial charge in [0.1, 0.15) is 23.8 Å². The smallest absolute Gasteiger partial charge is 0.406 e. The highest BCUT2D eigenvalue weighted by Gasteiger charge is 2.33. The van der Waals surface area contributed by atoms with E-state index in [9.17, 15) is 22.7 Å². The van der Waals surface area contributed by atoms with E-state index in [0.29, 0.717) is 22.5 Å². The van der Waals surface area contributed by atoms with Crippen molar-refractivity contribution in [3.05, 3.63) is 59.8 Å². The van der Waals surface area contributed by atoms with Crippen LogP contribution in [0.2, 0.25) is 0 Å². The molecule has 0 saturated carbocycles. The highest BCUT2D eigenvalue weighted by atomic mass is 19.4. The number of aliphatic hydroxyl groups excluding tert-OH is 1. The van der Waals surface area contributed by atoms with Crippen molar-refractivity contribution in [1.82, 2.24) is 24.8 Å². The number of anilines is 1. The number of nitrogens with zero attached hydrogens (tertiary/aromatic N) is 6. The van der Waals surface area contributed by atoms with Crippen LogP contribution in [0.25, 0.3) is 5.57 Å². The van der Waals surface area contributed by atoms with Gasteiger partial charge in [0.05, 0.1) is 12.7 Å². The van der Waals surface area contributed by atoms with Gasteiger partial charge in [0, 0.05) is 36.3 Å². The molecule has 1 atom stereocenters. The number of alkyl halides is 4. The Kier molecular flexibility index (Phi) is 4.94. The van der Waals surface area contributed by atoms with Crippen molar-refractivity contribution in [2.75, 3.05) is 11.6 Å². The summed E-state index contributed by atoms with van der Waals surface area (Å²) in [6.45, 7) is -0.760. The number of aliphatic hydroxyl groups is 1. The molecule has 1 aromatic carbocycles. The summed E-state index contributed by atoms with van der Waals surface area (Å²) in [5, 5.41) is 23.4. The molecule has 2 aromatic heterocycles. The lowest BCUT2D eigenvalue weighted by atomic mass is 10.0. The molecule has 0 bridgehead atoms. The van der Waals surface area contributed by atoms with Crippen molar-refractivity contribution in [2.45, 2.75) is 19.1 Å². The van der Waals surface area contributed by atoms with Gasteiger partial charge < -0.3 is 14.7 Å². The summed E-state index contributed by atoms with van der Waals surface area (Å²) in [5.74, 6) is -0.385. The third-order valence-corrected chi connectivity index (χ3v) is 4.38. The zero-order valence-electron chi connectivity index (χ0n) is 15.6. The number of halogens is 4. The number of fused-ring (bicyclic) bond motifs is 1. The molecule has 3 aromatic rings. The minimum atomic E-state index is -4.80. The molecule has 1 aliphatic heterocycles. The van der Waals surface area contributed by atoms with Gasteiger partial charge in [0.15, 0.2) is 6.23 Å². The zero-order chi connectivity index (χ0) is 21.5. The first kappa shape index (κ1) is 19.9. The van der Waals surface area contributed by atoms with Gasteiger partial charge >= 0.3 is 6.36 Å². The Bertz CT molecular complexity index is 1070. The number of ether oxygens (including phenoxy) is 1. The van der Waals surface area contributed by atoms with Crippen LogP contribution in [0, 0.1) is 0 Å². The second-order valence-electron chi connectivity index (χ2n) is 6.49. The van der Waals surface area contributed by atoms with Crippen molar-refractivity contribution in [3.8, 4) is 5.75 Å². The maximum atomic E-state index is 12.8. The largest absolute Gasteiger partial charge is 0.573 e. The molecule has 0 fully saturated rings. The second-order valence-corrected chi connectivity index (χ2v) is 6.49. The number of hydrogen-bond donors (Lipinski definition) is 1. The summed E-state index contributed by atoms with van der Waals surface area (Å²) >= 11 is 0. The Morgan fingerprint density at radius 2 is 1.90 bits per heavy atom. The van der Waals surface area contributed by atoms with Crippen molar-refractivity contribution >= 4 is 11.3 Å². The first-order chi connectivity index (χ1) is 14.2. The van der Waals surface area contributed by atoms with Crippen molar-refractivity contribution < 1.29 is 27.4 Å². The summed E-state index contributed by atoms with van der Waals surface area (Å²) in [4.78, 5) is 2.58. The fourth-order valence-electron chi connectivity index (χ4n) is 3.11. The second kappa shape index (κ2) is 7.44. The maximum Gasteiger partial charge on any atom is 0.573 e. The average Bonchev–Trinajstić information content (AvgIpc) is 3.29. The summed E-state index contributed by atoms with van der Waals surface area (Å²) in [5.41, 5.74) is 2.21. The van der Waals surface area contributed by atoms with Crippen molar-refractivity contribution in [3.63, 3.8) is 0 Å². The van der Waals surface area contributed by atoms with Crippen LogP contribution in [0.5, 0.6) is 5.75 Å². The van der Waals surface area contributed by atoms with Crippen LogP contribution >= 0.6 is 0 Å². The number of hydrogen-bond acceptors (Lipinski definition) is 6. The molecule has 0 spiro atoms. The van der Waals surface area contributed by atoms with Crippen LogP contribution in [0.4, 0.5) is 23.2 Å². The first-order valence-electron chi connectivity index (χ1n) is 8.79. The predicted molar refractivity (Wildman–Crippen MR) is 96.8 cm³/mol. The predicted octanol–water partition coefficient (Wildman–Crippen LogP) is 2.78. The molecule has 158 valence electrons. The summed E-state index contributed by atoms with van der Waals surface area (Å²) < 4.78 is 55.4. The van der Waals surface area contributed by atoms with E-state index in [-0.39, 0.29) is 18.0 Å². The quantitative estimate of drug-likeness (QED) is 0.635. The molecule has 4 rings (SSSR count). The standard InChI is InChI=1S/C18H16F4N6O2/c1-26-9-11(8-23-26)14-10-27(12-2-4-13(5-3-12)30-18(20,21)22)17(29)16-15(14)24-28(25-16)7-6-19/h2-5,8-10,17,29H,6-7H2,1H3. The molecule has 1 N–H and O–H groups in total. The van der Waals surface area contributed by atoms with Crippen LogP contribution in [0.3, 0.4) is 0 Å². The van der Waals surface area contributed by atoms with Crippen molar-refractivity contribution in [1.29, 1.82) is 0 Å². The molecule has 0 aliphatic carbocycles. The van der Waals surface area contributed by atoms with E-state index in [1.165, 1.54) is 17.0 Å². The number of rotatable bonds is 5. The average molecular weight is 424 g/mol. The van der Waals surface area contributed by atoms with Crippen LogP contribution in [0.15, 0.2) is 42.9 Å². The van der Waals surface area contributed by atoms with E-state index < -0.39 is 19.3 Å². The molecule has 1 unspecified atom stereocenters. The Balaban J connectivity index is 1.74. The fourth-order valence-corrected chi connectivity index (χ4v) is 3.11. The lowest BCUT2D eigenvalue weighted by molar-refractivity contribution is -0.274. The molecule has 0 radical (unpaired) electrons. The van der Waals surface area contributed by atoms with Gasteiger partial charge in [0.25, 0.3) is 0 Å². The maximum absolute atomic E-state index is 12.8. The van der Waals surface area contributed by atoms with Gasteiger partial charge in [0.2, 0.25) is 0 Å². The topological polar surface area (TPSA) is 81.2 Å². The van der Waals surface area contributed by atoms with E-state index in [4.69, 9.17) is 0 Å². The third kappa shape index (κ3) is 3.85. The Morgan fingerprint density at radius 3 is 2.50 bits per heavy atom. The van der Waals surface area contributed by atoms with E-state index in [1.807, 2.05) is 0 Å². The van der Waals surface area contributed by atoms with Gasteiger partial charge in [-0.3, -0.25) is 4.68 Å². The van der Waals surface area contributed by atoms with Gasteiger partial charge in [-0.1, -0.05) is 0 Å². The molecular weight excluding hydrogens is 408 g/mol. The van der Waals surface area contributed by atoms with Crippen LogP contribution in [-0.4, -0.2) is 42.9 Å². The summed E-state index contributed by atoms with van der Waals surface area (Å²) in [7, 11) is 1.74. The van der Waals surface area contributed by atoms with E-state index in [2.05, 4.69) is 20.0 Å². The molecule has 30 heavy (non-hydrogen) atoms. The lowest BCUT2D eigenvalue weighted by Gasteiger charge is -2.30. The molecule has 12 heteroatoms. The normalized spacial score (nSPS) is 16.4. The van der Waals surface area contributed by atoms with Crippen molar-refractivity contribution in [2.24, 2.45) is 7.05 Å². The first-order valence-corrected chi connectivity index (χ1v) is 8.79. The van der Waals surface area contributed by atoms with Gasteiger partial charge in [-0.2, -0.15) is 20.1 Å². The van der Waals surface area contributed by atoms with Gasteiger partial charge in [-0.05, 0) is 24.3 Å². The molecule has 0 amide bonds. The molecular formula is C18H16F4N6O2. The van der Waals surface area contributed by atoms with Gasteiger partial charge in [-0.15, -0.1) is 13.2 Å². The van der Waals surface area contributed by atoms with Crippen LogP contribution in [0.1, 0.15) is 23.2 Å². The highest BCUT2D eigenvalue weighted by Crippen LogP contribution is 2.38. The van der Waals surface area contributed by atoms with Crippen LogP contribution in [-0.2, 0) is 13.6 Å². The molecule has 0 saturated heterocycles. The summed E-state index contributed by atoms with van der Waals surface area (Å²) in [6.07, 6.45) is -1.15. The minimum Gasteiger partial charge on any atom is -0.406 e. The number of benzene rings is 1. The molecule has 1 aliphatic rings. The number of aryl methyl sites for hydroxylation is 2. The monoisotopic (exact) mass is 424 g/mol. The highest BCUT2D eigenvalue weighted by molar-refractivity contribution is 5.82. The van der Waals surface area contributed by atoms with E-state index in [1.54, 1.807) is 30.3 Å².